The minimum absolute atomic E-state index is 0.525. The number of nitrogens with zero attached hydrogens (tertiary/aromatic N) is 1. The molecule has 2 rings (SSSR count). The summed E-state index contributed by atoms with van der Waals surface area (Å²) in [5.41, 5.74) is 2.81. The lowest BCUT2D eigenvalue weighted by atomic mass is 10.2. The normalized spacial score (nSPS) is 23.3. The topological polar surface area (TPSA) is 17.0 Å². The highest BCUT2D eigenvalue weighted by Gasteiger charge is 2.15. The molecule has 1 aliphatic rings. The molecule has 1 atom stereocenters. The summed E-state index contributed by atoms with van der Waals surface area (Å²) in [6.07, 6.45) is 0. The van der Waals surface area contributed by atoms with E-state index in [1.54, 1.807) is 0 Å². The highest BCUT2D eigenvalue weighted by atomic mass is 15.1. The van der Waals surface area contributed by atoms with Gasteiger partial charge in [0.05, 0.1) is 0 Å². The van der Waals surface area contributed by atoms with Crippen LogP contribution >= 0.6 is 0 Å². The van der Waals surface area contributed by atoms with Crippen LogP contribution in [0.25, 0.3) is 0 Å². The molecule has 2 heterocycles. The van der Waals surface area contributed by atoms with Crippen LogP contribution in [0.1, 0.15) is 24.4 Å². The van der Waals surface area contributed by atoms with Crippen molar-refractivity contribution in [1.82, 2.24) is 9.88 Å². The third-order valence-electron chi connectivity index (χ3n) is 2.46. The summed E-state index contributed by atoms with van der Waals surface area (Å²) in [7, 11) is 0. The van der Waals surface area contributed by atoms with Crippen molar-refractivity contribution in [2.45, 2.75) is 26.4 Å². The smallest absolute Gasteiger partial charge is 0.0446 e. The molecule has 0 radical (unpaired) electrons. The van der Waals surface area contributed by atoms with Crippen LogP contribution in [-0.4, -0.2) is 11.1 Å². The maximum atomic E-state index is 3.43. The fourth-order valence-corrected chi connectivity index (χ4v) is 1.77. The maximum Gasteiger partial charge on any atom is 0.0446 e. The molecule has 0 amide bonds. The number of aromatic nitrogens is 1. The Bertz CT molecular complexity index is 263. The second kappa shape index (κ2) is 2.38. The van der Waals surface area contributed by atoms with E-state index in [9.17, 15) is 0 Å². The average Bonchev–Trinajstić information content (AvgIpc) is 2.35. The van der Waals surface area contributed by atoms with E-state index in [-0.39, 0.29) is 0 Å². The molecule has 1 N–H and O–H groups in total. The Kier molecular flexibility index (Phi) is 1.50. The highest BCUT2D eigenvalue weighted by Crippen LogP contribution is 2.19. The zero-order valence-electron chi connectivity index (χ0n) is 7.09. The average molecular weight is 150 g/mol. The van der Waals surface area contributed by atoms with Gasteiger partial charge in [0.25, 0.3) is 0 Å². The Labute approximate surface area is 67.2 Å². The molecule has 0 saturated heterocycles. The molecule has 2 heteroatoms. The Morgan fingerprint density at radius 3 is 3.09 bits per heavy atom. The third kappa shape index (κ3) is 0.979. The van der Waals surface area contributed by atoms with E-state index in [0.717, 1.165) is 13.1 Å². The van der Waals surface area contributed by atoms with Gasteiger partial charge in [-0.3, -0.25) is 0 Å². The summed E-state index contributed by atoms with van der Waals surface area (Å²) in [4.78, 5) is 0. The van der Waals surface area contributed by atoms with Crippen molar-refractivity contribution in [1.29, 1.82) is 0 Å². The van der Waals surface area contributed by atoms with Gasteiger partial charge < -0.3 is 9.88 Å². The first-order chi connectivity index (χ1) is 5.29. The summed E-state index contributed by atoms with van der Waals surface area (Å²) in [6.45, 7) is 6.61. The Morgan fingerprint density at radius 1 is 1.55 bits per heavy atom. The van der Waals surface area contributed by atoms with E-state index in [0.29, 0.717) is 6.04 Å². The molecule has 0 fully saturated rings. The van der Waals surface area contributed by atoms with E-state index in [2.05, 4.69) is 35.9 Å². The van der Waals surface area contributed by atoms with Crippen molar-refractivity contribution in [3.8, 4) is 0 Å². The molecule has 0 aliphatic carbocycles. The molecule has 1 aromatic rings. The van der Waals surface area contributed by atoms with Gasteiger partial charge in [0.2, 0.25) is 0 Å². The molecule has 0 bridgehead atoms. The van der Waals surface area contributed by atoms with Crippen LogP contribution in [0.5, 0.6) is 0 Å². The Morgan fingerprint density at radius 2 is 2.36 bits per heavy atom. The lowest BCUT2D eigenvalue weighted by Gasteiger charge is -2.24. The lowest BCUT2D eigenvalue weighted by molar-refractivity contribution is 0.443. The second-order valence-electron chi connectivity index (χ2n) is 3.23. The second-order valence-corrected chi connectivity index (χ2v) is 3.23. The van der Waals surface area contributed by atoms with Gasteiger partial charge in [-0.25, -0.2) is 0 Å². The Hall–Kier alpha value is -0.760. The molecule has 1 aromatic heterocycles. The minimum Gasteiger partial charge on any atom is -0.346 e. The van der Waals surface area contributed by atoms with Gasteiger partial charge >= 0.3 is 0 Å². The van der Waals surface area contributed by atoms with Crippen molar-refractivity contribution in [3.63, 3.8) is 0 Å². The number of hydrogen-bond acceptors (Lipinski definition) is 1. The number of nitrogens with one attached hydrogen (secondary N) is 1. The van der Waals surface area contributed by atoms with E-state index in [1.165, 1.54) is 11.4 Å². The van der Waals surface area contributed by atoms with E-state index in [4.69, 9.17) is 0 Å². The number of rotatable bonds is 0. The fourth-order valence-electron chi connectivity index (χ4n) is 1.77. The number of fused-ring (bicyclic) bond motifs is 1. The van der Waals surface area contributed by atoms with E-state index in [1.807, 2.05) is 0 Å². The zero-order valence-corrected chi connectivity index (χ0v) is 7.09. The summed E-state index contributed by atoms with van der Waals surface area (Å²) in [5.74, 6) is 0. The molecule has 1 unspecified atom stereocenters. The van der Waals surface area contributed by atoms with Crippen LogP contribution in [0, 0.1) is 6.92 Å². The quantitative estimate of drug-likeness (QED) is 0.592. The SMILES string of the molecule is Cc1ccc2n1CCNC2C. The van der Waals surface area contributed by atoms with Gasteiger partial charge in [-0.2, -0.15) is 0 Å². The third-order valence-corrected chi connectivity index (χ3v) is 2.46. The molecule has 0 saturated carbocycles. The monoisotopic (exact) mass is 150 g/mol. The first-order valence-corrected chi connectivity index (χ1v) is 4.18. The predicted octanol–water partition coefficient (Wildman–Crippen LogP) is 1.46. The minimum atomic E-state index is 0.525. The van der Waals surface area contributed by atoms with Gasteiger partial charge in [0, 0.05) is 30.5 Å². The van der Waals surface area contributed by atoms with Gasteiger partial charge in [0.1, 0.15) is 0 Å². The van der Waals surface area contributed by atoms with Crippen LogP contribution in [-0.2, 0) is 6.54 Å². The summed E-state index contributed by atoms with van der Waals surface area (Å²) < 4.78 is 2.39. The zero-order chi connectivity index (χ0) is 7.84. The van der Waals surface area contributed by atoms with Crippen LogP contribution < -0.4 is 5.32 Å². The standard InChI is InChI=1S/C9H14N2/c1-7-3-4-9-8(2)10-5-6-11(7)9/h3-4,8,10H,5-6H2,1-2H3. The van der Waals surface area contributed by atoms with Crippen LogP contribution in [0.4, 0.5) is 0 Å². The Balaban J connectivity index is 2.46. The number of aryl methyl sites for hydroxylation is 1. The van der Waals surface area contributed by atoms with Crippen molar-refractivity contribution in [2.75, 3.05) is 6.54 Å². The summed E-state index contributed by atoms with van der Waals surface area (Å²) in [5, 5.41) is 3.43. The van der Waals surface area contributed by atoms with Crippen molar-refractivity contribution in [3.05, 3.63) is 23.5 Å². The summed E-state index contributed by atoms with van der Waals surface area (Å²) in [6, 6.07) is 4.93. The molecule has 0 spiro atoms. The van der Waals surface area contributed by atoms with Crippen molar-refractivity contribution in [2.24, 2.45) is 0 Å². The molecule has 60 valence electrons. The molecular formula is C9H14N2. The summed E-state index contributed by atoms with van der Waals surface area (Å²) >= 11 is 0. The van der Waals surface area contributed by atoms with E-state index < -0.39 is 0 Å². The first kappa shape index (κ1) is 6.92. The molecule has 2 nitrogen and oxygen atoms in total. The molecule has 0 aromatic carbocycles. The van der Waals surface area contributed by atoms with Gasteiger partial charge in [0.15, 0.2) is 0 Å². The molecular weight excluding hydrogens is 136 g/mol. The maximum absolute atomic E-state index is 3.43. The fraction of sp³-hybridized carbons (Fsp3) is 0.556. The molecule has 1 aliphatic heterocycles. The van der Waals surface area contributed by atoms with Crippen LogP contribution in [0.2, 0.25) is 0 Å². The van der Waals surface area contributed by atoms with Crippen LogP contribution in [0.3, 0.4) is 0 Å². The number of hydrogen-bond donors (Lipinski definition) is 1. The predicted molar refractivity (Wildman–Crippen MR) is 45.6 cm³/mol. The highest BCUT2D eigenvalue weighted by molar-refractivity contribution is 5.19. The lowest BCUT2D eigenvalue weighted by Crippen LogP contribution is -2.31. The van der Waals surface area contributed by atoms with Crippen molar-refractivity contribution >= 4 is 0 Å². The van der Waals surface area contributed by atoms with Gasteiger partial charge in [-0.15, -0.1) is 0 Å². The molecule has 11 heavy (non-hydrogen) atoms. The largest absolute Gasteiger partial charge is 0.346 e. The first-order valence-electron chi connectivity index (χ1n) is 4.18. The van der Waals surface area contributed by atoms with Gasteiger partial charge in [-0.1, -0.05) is 0 Å². The van der Waals surface area contributed by atoms with Gasteiger partial charge in [-0.05, 0) is 26.0 Å². The van der Waals surface area contributed by atoms with E-state index >= 15 is 0 Å². The van der Waals surface area contributed by atoms with Crippen LogP contribution in [0.15, 0.2) is 12.1 Å². The van der Waals surface area contributed by atoms with Crippen molar-refractivity contribution < 1.29 is 0 Å².